The summed E-state index contributed by atoms with van der Waals surface area (Å²) < 4.78 is 0. The lowest BCUT2D eigenvalue weighted by Crippen LogP contribution is -2.32. The molecule has 1 unspecified atom stereocenters. The summed E-state index contributed by atoms with van der Waals surface area (Å²) in [6.45, 7) is 5.61. The van der Waals surface area contributed by atoms with Gasteiger partial charge in [0, 0.05) is 31.0 Å². The first-order chi connectivity index (χ1) is 6.22. The van der Waals surface area contributed by atoms with Gasteiger partial charge in [0.2, 0.25) is 0 Å². The largest absolute Gasteiger partial charge is 0.329 e. The van der Waals surface area contributed by atoms with Gasteiger partial charge in [-0.15, -0.1) is 0 Å². The molecule has 1 aromatic rings. The van der Waals surface area contributed by atoms with Gasteiger partial charge >= 0.3 is 0 Å². The highest BCUT2D eigenvalue weighted by Gasteiger charge is 1.98. The lowest BCUT2D eigenvalue weighted by atomic mass is 10.2. The molecule has 0 saturated carbocycles. The molecular weight excluding hydrogens is 162 g/mol. The quantitative estimate of drug-likeness (QED) is 0.719. The summed E-state index contributed by atoms with van der Waals surface area (Å²) in [5, 5.41) is 3.32. The Morgan fingerprint density at radius 1 is 1.62 bits per heavy atom. The van der Waals surface area contributed by atoms with E-state index in [0.717, 1.165) is 12.2 Å². The normalized spacial score (nSPS) is 12.8. The van der Waals surface area contributed by atoms with Crippen molar-refractivity contribution in [3.05, 3.63) is 29.6 Å². The number of aryl methyl sites for hydroxylation is 1. The van der Waals surface area contributed by atoms with Crippen LogP contribution >= 0.6 is 0 Å². The molecule has 1 atom stereocenters. The molecule has 0 fully saturated rings. The van der Waals surface area contributed by atoms with E-state index in [2.05, 4.69) is 23.3 Å². The zero-order valence-corrected chi connectivity index (χ0v) is 8.25. The lowest BCUT2D eigenvalue weighted by Gasteiger charge is -2.10. The lowest BCUT2D eigenvalue weighted by molar-refractivity contribution is 0.556. The molecule has 0 saturated heterocycles. The average molecular weight is 179 g/mol. The van der Waals surface area contributed by atoms with Crippen LogP contribution in [-0.4, -0.2) is 17.6 Å². The number of nitrogens with zero attached hydrogens (tertiary/aromatic N) is 1. The van der Waals surface area contributed by atoms with Gasteiger partial charge in [-0.3, -0.25) is 4.98 Å². The molecule has 0 radical (unpaired) electrons. The Balaban J connectivity index is 2.45. The molecule has 13 heavy (non-hydrogen) atoms. The van der Waals surface area contributed by atoms with Crippen molar-refractivity contribution < 1.29 is 0 Å². The predicted octanol–water partition coefficient (Wildman–Crippen LogP) is 0.827. The SMILES string of the molecule is Cc1cc(CNC(C)CN)ccn1. The summed E-state index contributed by atoms with van der Waals surface area (Å²) in [5.74, 6) is 0. The Morgan fingerprint density at radius 3 is 3.00 bits per heavy atom. The van der Waals surface area contributed by atoms with Gasteiger partial charge in [-0.1, -0.05) is 0 Å². The van der Waals surface area contributed by atoms with Crippen molar-refractivity contribution in [1.82, 2.24) is 10.3 Å². The second-order valence-electron chi connectivity index (χ2n) is 3.32. The molecule has 0 aliphatic heterocycles. The molecule has 72 valence electrons. The summed E-state index contributed by atoms with van der Waals surface area (Å²) in [6.07, 6.45) is 1.83. The Hall–Kier alpha value is -0.930. The first-order valence-electron chi connectivity index (χ1n) is 4.57. The fraction of sp³-hybridized carbons (Fsp3) is 0.500. The number of nitrogens with two attached hydrogens (primary N) is 1. The molecule has 3 N–H and O–H groups in total. The smallest absolute Gasteiger partial charge is 0.0375 e. The van der Waals surface area contributed by atoms with Gasteiger partial charge in [-0.25, -0.2) is 0 Å². The van der Waals surface area contributed by atoms with E-state index in [-0.39, 0.29) is 0 Å². The van der Waals surface area contributed by atoms with E-state index < -0.39 is 0 Å². The maximum Gasteiger partial charge on any atom is 0.0375 e. The highest BCUT2D eigenvalue weighted by Crippen LogP contribution is 2.00. The molecule has 1 aromatic heterocycles. The molecule has 3 nitrogen and oxygen atoms in total. The van der Waals surface area contributed by atoms with Crippen LogP contribution in [0.3, 0.4) is 0 Å². The summed E-state index contributed by atoms with van der Waals surface area (Å²) in [7, 11) is 0. The van der Waals surface area contributed by atoms with Crippen LogP contribution in [0.15, 0.2) is 18.3 Å². The highest BCUT2D eigenvalue weighted by molar-refractivity contribution is 5.15. The van der Waals surface area contributed by atoms with Crippen LogP contribution in [0.5, 0.6) is 0 Å². The third-order valence-corrected chi connectivity index (χ3v) is 1.97. The van der Waals surface area contributed by atoms with Crippen molar-refractivity contribution >= 4 is 0 Å². The molecule has 0 aromatic carbocycles. The summed E-state index contributed by atoms with van der Waals surface area (Å²) in [5.41, 5.74) is 7.80. The Kier molecular flexibility index (Phi) is 3.86. The van der Waals surface area contributed by atoms with E-state index in [1.54, 1.807) is 0 Å². The van der Waals surface area contributed by atoms with Crippen molar-refractivity contribution in [3.8, 4) is 0 Å². The summed E-state index contributed by atoms with van der Waals surface area (Å²) >= 11 is 0. The first kappa shape index (κ1) is 10.2. The molecule has 0 aliphatic rings. The number of pyridine rings is 1. The van der Waals surface area contributed by atoms with Crippen molar-refractivity contribution in [2.24, 2.45) is 5.73 Å². The van der Waals surface area contributed by atoms with Crippen molar-refractivity contribution in [2.75, 3.05) is 6.54 Å². The van der Waals surface area contributed by atoms with E-state index in [4.69, 9.17) is 5.73 Å². The minimum atomic E-state index is 0.369. The first-order valence-corrected chi connectivity index (χ1v) is 4.57. The number of hydrogen-bond acceptors (Lipinski definition) is 3. The van der Waals surface area contributed by atoms with Crippen LogP contribution in [0.25, 0.3) is 0 Å². The Bertz CT molecular complexity index is 260. The predicted molar refractivity (Wildman–Crippen MR) is 54.3 cm³/mol. The van der Waals surface area contributed by atoms with Crippen molar-refractivity contribution in [3.63, 3.8) is 0 Å². The van der Waals surface area contributed by atoms with Crippen molar-refractivity contribution in [2.45, 2.75) is 26.4 Å². The maximum atomic E-state index is 5.49. The van der Waals surface area contributed by atoms with Crippen LogP contribution in [0.1, 0.15) is 18.2 Å². The fourth-order valence-corrected chi connectivity index (χ4v) is 1.09. The number of nitrogens with one attached hydrogen (secondary N) is 1. The maximum absolute atomic E-state index is 5.49. The number of rotatable bonds is 4. The van der Waals surface area contributed by atoms with E-state index in [1.807, 2.05) is 19.2 Å². The third-order valence-electron chi connectivity index (χ3n) is 1.97. The molecule has 0 bridgehead atoms. The zero-order valence-electron chi connectivity index (χ0n) is 8.25. The highest BCUT2D eigenvalue weighted by atomic mass is 14.9. The van der Waals surface area contributed by atoms with Crippen LogP contribution in [-0.2, 0) is 6.54 Å². The van der Waals surface area contributed by atoms with Gasteiger partial charge < -0.3 is 11.1 Å². The summed E-state index contributed by atoms with van der Waals surface area (Å²) in [6, 6.07) is 4.47. The van der Waals surface area contributed by atoms with E-state index in [9.17, 15) is 0 Å². The molecule has 0 spiro atoms. The monoisotopic (exact) mass is 179 g/mol. The van der Waals surface area contributed by atoms with Gasteiger partial charge in [0.05, 0.1) is 0 Å². The minimum Gasteiger partial charge on any atom is -0.329 e. The van der Waals surface area contributed by atoms with Crippen LogP contribution in [0.4, 0.5) is 0 Å². The summed E-state index contributed by atoms with van der Waals surface area (Å²) in [4.78, 5) is 4.13. The second-order valence-corrected chi connectivity index (χ2v) is 3.32. The molecule has 3 heteroatoms. The van der Waals surface area contributed by atoms with E-state index >= 15 is 0 Å². The second kappa shape index (κ2) is 4.94. The van der Waals surface area contributed by atoms with Gasteiger partial charge in [0.25, 0.3) is 0 Å². The average Bonchev–Trinajstić information content (AvgIpc) is 2.14. The molecule has 0 aliphatic carbocycles. The van der Waals surface area contributed by atoms with E-state index in [1.165, 1.54) is 5.56 Å². The van der Waals surface area contributed by atoms with Crippen molar-refractivity contribution in [1.29, 1.82) is 0 Å². The van der Waals surface area contributed by atoms with Crippen LogP contribution in [0.2, 0.25) is 0 Å². The topological polar surface area (TPSA) is 50.9 Å². The molecule has 1 heterocycles. The standard InChI is InChI=1S/C10H17N3/c1-8-5-10(3-4-12-8)7-13-9(2)6-11/h3-5,9,13H,6-7,11H2,1-2H3. The van der Waals surface area contributed by atoms with Crippen LogP contribution in [0, 0.1) is 6.92 Å². The van der Waals surface area contributed by atoms with Gasteiger partial charge in [0.1, 0.15) is 0 Å². The Labute approximate surface area is 79.4 Å². The van der Waals surface area contributed by atoms with Gasteiger partial charge in [-0.05, 0) is 31.5 Å². The van der Waals surface area contributed by atoms with Gasteiger partial charge in [-0.2, -0.15) is 0 Å². The Morgan fingerprint density at radius 2 is 2.38 bits per heavy atom. The fourth-order valence-electron chi connectivity index (χ4n) is 1.09. The van der Waals surface area contributed by atoms with Crippen LogP contribution < -0.4 is 11.1 Å². The zero-order chi connectivity index (χ0) is 9.68. The van der Waals surface area contributed by atoms with E-state index in [0.29, 0.717) is 12.6 Å². The minimum absolute atomic E-state index is 0.369. The molecular formula is C10H17N3. The number of aromatic nitrogens is 1. The molecule has 0 amide bonds. The number of hydrogen-bond donors (Lipinski definition) is 2. The molecule has 1 rings (SSSR count). The van der Waals surface area contributed by atoms with Gasteiger partial charge in [0.15, 0.2) is 0 Å². The third kappa shape index (κ3) is 3.53.